The SMILES string of the molecule is CN1C(=O)C(=C2SC(c3ccccc3)=NN2c2ccccc2)C(=O)N(C)C1=O. The molecule has 2 aliphatic heterocycles. The van der Waals surface area contributed by atoms with Crippen LogP contribution in [0, 0.1) is 0 Å². The van der Waals surface area contributed by atoms with Crippen LogP contribution in [0.4, 0.5) is 10.5 Å². The largest absolute Gasteiger partial charge is 0.333 e. The lowest BCUT2D eigenvalue weighted by molar-refractivity contribution is -0.134. The van der Waals surface area contributed by atoms with E-state index in [9.17, 15) is 14.4 Å². The van der Waals surface area contributed by atoms with Gasteiger partial charge in [-0.2, -0.15) is 5.10 Å². The summed E-state index contributed by atoms with van der Waals surface area (Å²) in [6.45, 7) is 0. The molecular weight excluding hydrogens is 376 g/mol. The zero-order chi connectivity index (χ0) is 19.8. The van der Waals surface area contributed by atoms with Crippen molar-refractivity contribution in [3.8, 4) is 0 Å². The number of rotatable bonds is 2. The van der Waals surface area contributed by atoms with E-state index in [1.54, 1.807) is 5.01 Å². The molecule has 0 saturated carbocycles. The molecule has 4 amide bonds. The van der Waals surface area contributed by atoms with Gasteiger partial charge < -0.3 is 0 Å². The molecule has 2 aromatic rings. The number of barbiturate groups is 1. The maximum absolute atomic E-state index is 12.8. The van der Waals surface area contributed by atoms with E-state index < -0.39 is 17.8 Å². The van der Waals surface area contributed by atoms with Crippen molar-refractivity contribution in [2.24, 2.45) is 5.10 Å². The molecule has 8 heteroatoms. The highest BCUT2D eigenvalue weighted by molar-refractivity contribution is 8.18. The maximum atomic E-state index is 12.8. The second-order valence-corrected chi connectivity index (χ2v) is 7.19. The van der Waals surface area contributed by atoms with Gasteiger partial charge in [-0.15, -0.1) is 0 Å². The monoisotopic (exact) mass is 392 g/mol. The van der Waals surface area contributed by atoms with Gasteiger partial charge >= 0.3 is 6.03 Å². The third-order valence-electron chi connectivity index (χ3n) is 4.42. The predicted molar refractivity (Wildman–Crippen MR) is 107 cm³/mol. The molecule has 4 rings (SSSR count). The fourth-order valence-electron chi connectivity index (χ4n) is 2.90. The van der Waals surface area contributed by atoms with Crippen LogP contribution >= 0.6 is 11.8 Å². The summed E-state index contributed by atoms with van der Waals surface area (Å²) in [7, 11) is 2.72. The van der Waals surface area contributed by atoms with Crippen molar-refractivity contribution in [2.45, 2.75) is 0 Å². The number of thioether (sulfide) groups is 1. The van der Waals surface area contributed by atoms with Crippen molar-refractivity contribution in [2.75, 3.05) is 19.1 Å². The molecule has 0 unspecified atom stereocenters. The highest BCUT2D eigenvalue weighted by Crippen LogP contribution is 2.40. The number of carbonyl (C=O) groups is 3. The molecule has 140 valence electrons. The average molecular weight is 392 g/mol. The molecule has 0 N–H and O–H groups in total. The molecule has 7 nitrogen and oxygen atoms in total. The first-order valence-corrected chi connectivity index (χ1v) is 9.32. The van der Waals surface area contributed by atoms with Crippen LogP contribution in [0.1, 0.15) is 5.56 Å². The van der Waals surface area contributed by atoms with Crippen molar-refractivity contribution in [3.63, 3.8) is 0 Å². The van der Waals surface area contributed by atoms with Gasteiger partial charge in [0.15, 0.2) is 0 Å². The Morgan fingerprint density at radius 2 is 1.32 bits per heavy atom. The summed E-state index contributed by atoms with van der Waals surface area (Å²) in [4.78, 5) is 39.6. The van der Waals surface area contributed by atoms with Crippen molar-refractivity contribution >= 4 is 40.3 Å². The summed E-state index contributed by atoms with van der Waals surface area (Å²) in [5.74, 6) is -1.28. The summed E-state index contributed by atoms with van der Waals surface area (Å²) in [5, 5.41) is 7.27. The van der Waals surface area contributed by atoms with Gasteiger partial charge in [0.25, 0.3) is 11.8 Å². The van der Waals surface area contributed by atoms with Crippen molar-refractivity contribution in [1.29, 1.82) is 0 Å². The van der Waals surface area contributed by atoms with Gasteiger partial charge in [0, 0.05) is 19.7 Å². The number of benzene rings is 2. The molecule has 0 radical (unpaired) electrons. The van der Waals surface area contributed by atoms with E-state index in [0.717, 1.165) is 15.4 Å². The van der Waals surface area contributed by atoms with Crippen LogP contribution in [0.2, 0.25) is 0 Å². The number of urea groups is 1. The normalized spacial score (nSPS) is 17.6. The van der Waals surface area contributed by atoms with Gasteiger partial charge in [0.2, 0.25) is 0 Å². The fraction of sp³-hybridized carbons (Fsp3) is 0.100. The van der Waals surface area contributed by atoms with E-state index in [4.69, 9.17) is 0 Å². The summed E-state index contributed by atoms with van der Waals surface area (Å²) in [6.07, 6.45) is 0. The average Bonchev–Trinajstić information content (AvgIpc) is 3.17. The second kappa shape index (κ2) is 6.97. The Balaban J connectivity index is 1.87. The Hall–Kier alpha value is -3.39. The Labute approximate surface area is 165 Å². The molecule has 2 aromatic carbocycles. The molecule has 2 aliphatic rings. The molecule has 1 saturated heterocycles. The predicted octanol–water partition coefficient (Wildman–Crippen LogP) is 2.86. The molecule has 0 bridgehead atoms. The van der Waals surface area contributed by atoms with Gasteiger partial charge in [0.1, 0.15) is 15.6 Å². The molecule has 2 heterocycles. The van der Waals surface area contributed by atoms with Crippen LogP contribution in [-0.2, 0) is 9.59 Å². The minimum absolute atomic E-state index is 0.0758. The Bertz CT molecular complexity index is 1010. The van der Waals surface area contributed by atoms with Gasteiger partial charge in [-0.3, -0.25) is 19.4 Å². The lowest BCUT2D eigenvalue weighted by Gasteiger charge is -2.30. The molecule has 0 spiro atoms. The third-order valence-corrected chi connectivity index (χ3v) is 5.50. The third kappa shape index (κ3) is 2.87. The van der Waals surface area contributed by atoms with Crippen LogP contribution in [-0.4, -0.2) is 46.8 Å². The van der Waals surface area contributed by atoms with Gasteiger partial charge in [0.05, 0.1) is 5.69 Å². The lowest BCUT2D eigenvalue weighted by atomic mass is 10.1. The molecule has 1 fully saturated rings. The Kier molecular flexibility index (Phi) is 4.48. The minimum Gasteiger partial charge on any atom is -0.268 e. The fourth-order valence-corrected chi connectivity index (χ4v) is 3.97. The van der Waals surface area contributed by atoms with E-state index in [0.29, 0.717) is 15.8 Å². The Morgan fingerprint density at radius 1 is 0.786 bits per heavy atom. The molecule has 0 aromatic heterocycles. The maximum Gasteiger partial charge on any atom is 0.333 e. The number of hydrazone groups is 1. The first kappa shape index (κ1) is 18.0. The first-order valence-electron chi connectivity index (χ1n) is 8.50. The molecule has 0 aliphatic carbocycles. The van der Waals surface area contributed by atoms with E-state index in [1.165, 1.54) is 25.9 Å². The van der Waals surface area contributed by atoms with Crippen LogP contribution in [0.5, 0.6) is 0 Å². The number of nitrogens with zero attached hydrogens (tertiary/aromatic N) is 4. The summed E-state index contributed by atoms with van der Waals surface area (Å²) in [5.41, 5.74) is 1.51. The summed E-state index contributed by atoms with van der Waals surface area (Å²) >= 11 is 1.24. The van der Waals surface area contributed by atoms with Crippen molar-refractivity contribution < 1.29 is 14.4 Å². The van der Waals surface area contributed by atoms with Crippen LogP contribution in [0.3, 0.4) is 0 Å². The number of carbonyl (C=O) groups excluding carboxylic acids is 3. The van der Waals surface area contributed by atoms with E-state index in [2.05, 4.69) is 5.10 Å². The number of amides is 4. The number of imide groups is 2. The summed E-state index contributed by atoms with van der Waals surface area (Å²) in [6, 6.07) is 18.1. The number of anilines is 1. The van der Waals surface area contributed by atoms with E-state index in [-0.39, 0.29) is 5.57 Å². The van der Waals surface area contributed by atoms with E-state index in [1.807, 2.05) is 60.7 Å². The van der Waals surface area contributed by atoms with Crippen molar-refractivity contribution in [1.82, 2.24) is 9.80 Å². The molecule has 28 heavy (non-hydrogen) atoms. The number of hydrogen-bond donors (Lipinski definition) is 0. The topological polar surface area (TPSA) is 73.3 Å². The number of likely N-dealkylation sites (N-methyl/N-ethyl adjacent to an activating group) is 2. The second-order valence-electron chi connectivity index (χ2n) is 6.21. The lowest BCUT2D eigenvalue weighted by Crippen LogP contribution is -2.53. The standard InChI is InChI=1S/C20H16N4O3S/c1-22-17(25)15(18(26)23(2)20(22)27)19-24(14-11-7-4-8-12-14)21-16(28-19)13-9-5-3-6-10-13/h3-12H,1-2H3. The minimum atomic E-state index is -0.655. The number of hydrogen-bond acceptors (Lipinski definition) is 6. The molecular formula is C20H16N4O3S. The quantitative estimate of drug-likeness (QED) is 0.580. The zero-order valence-corrected chi connectivity index (χ0v) is 16.0. The Morgan fingerprint density at radius 3 is 1.89 bits per heavy atom. The first-order chi connectivity index (χ1) is 13.5. The zero-order valence-electron chi connectivity index (χ0n) is 15.2. The van der Waals surface area contributed by atoms with E-state index >= 15 is 0 Å². The summed E-state index contributed by atoms with van der Waals surface area (Å²) < 4.78 is 0. The van der Waals surface area contributed by atoms with Crippen LogP contribution < -0.4 is 5.01 Å². The van der Waals surface area contributed by atoms with Crippen molar-refractivity contribution in [3.05, 3.63) is 76.8 Å². The van der Waals surface area contributed by atoms with Crippen LogP contribution in [0.15, 0.2) is 76.4 Å². The van der Waals surface area contributed by atoms with Gasteiger partial charge in [-0.1, -0.05) is 48.5 Å². The molecule has 0 atom stereocenters. The number of para-hydroxylation sites is 1. The highest BCUT2D eigenvalue weighted by atomic mass is 32.2. The van der Waals surface area contributed by atoms with Gasteiger partial charge in [-0.25, -0.2) is 9.80 Å². The van der Waals surface area contributed by atoms with Gasteiger partial charge in [-0.05, 0) is 23.9 Å². The highest BCUT2D eigenvalue weighted by Gasteiger charge is 2.43. The smallest absolute Gasteiger partial charge is 0.268 e. The van der Waals surface area contributed by atoms with Crippen LogP contribution in [0.25, 0.3) is 0 Å².